The third-order valence-corrected chi connectivity index (χ3v) is 7.91. The van der Waals surface area contributed by atoms with Gasteiger partial charge >= 0.3 is 0 Å². The molecule has 172 valence electrons. The standard InChI is InChI=1S/C25H26ClN3O3S/c1-27(23-5-3-2-4-6-23)33(31,32)24-13-9-21(10-14-24)25(30)29-17-15-28(16-18-29)19-20-7-11-22(26)12-8-20/h2-14H,15-19H2,1H3. The lowest BCUT2D eigenvalue weighted by Gasteiger charge is -2.34. The number of benzene rings is 3. The van der Waals surface area contributed by atoms with Crippen molar-refractivity contribution in [3.05, 3.63) is 95.0 Å². The zero-order chi connectivity index (χ0) is 23.4. The smallest absolute Gasteiger partial charge is 0.264 e. The third kappa shape index (κ3) is 5.38. The molecule has 3 aromatic carbocycles. The number of nitrogens with zero attached hydrogens (tertiary/aromatic N) is 3. The average molecular weight is 484 g/mol. The number of anilines is 1. The molecule has 1 saturated heterocycles. The van der Waals surface area contributed by atoms with E-state index in [4.69, 9.17) is 11.6 Å². The molecule has 1 fully saturated rings. The van der Waals surface area contributed by atoms with E-state index in [9.17, 15) is 13.2 Å². The second kappa shape index (κ2) is 9.95. The SMILES string of the molecule is CN(c1ccccc1)S(=O)(=O)c1ccc(C(=O)N2CCN(Cc3ccc(Cl)cc3)CC2)cc1. The molecular formula is C25H26ClN3O3S. The Kier molecular flexibility index (Phi) is 7.02. The van der Waals surface area contributed by atoms with Gasteiger partial charge in [0.05, 0.1) is 10.6 Å². The Balaban J connectivity index is 1.37. The van der Waals surface area contributed by atoms with Crippen molar-refractivity contribution >= 4 is 33.2 Å². The van der Waals surface area contributed by atoms with Crippen LogP contribution >= 0.6 is 11.6 Å². The van der Waals surface area contributed by atoms with Gasteiger partial charge in [0.1, 0.15) is 0 Å². The molecule has 0 radical (unpaired) electrons. The molecule has 0 unspecified atom stereocenters. The van der Waals surface area contributed by atoms with Crippen molar-refractivity contribution in [1.29, 1.82) is 0 Å². The van der Waals surface area contributed by atoms with Crippen LogP contribution in [0, 0.1) is 0 Å². The Morgan fingerprint density at radius 2 is 1.48 bits per heavy atom. The van der Waals surface area contributed by atoms with Gasteiger partial charge in [-0.2, -0.15) is 0 Å². The maximum atomic E-state index is 13.0. The normalized spacial score (nSPS) is 14.8. The van der Waals surface area contributed by atoms with E-state index in [0.717, 1.165) is 24.7 Å². The van der Waals surface area contributed by atoms with Gasteiger partial charge < -0.3 is 4.90 Å². The molecule has 8 heteroatoms. The van der Waals surface area contributed by atoms with Crippen LogP contribution in [0.1, 0.15) is 15.9 Å². The van der Waals surface area contributed by atoms with Crippen LogP contribution in [0.4, 0.5) is 5.69 Å². The van der Waals surface area contributed by atoms with Gasteiger partial charge in [0.25, 0.3) is 15.9 Å². The number of rotatable bonds is 6. The summed E-state index contributed by atoms with van der Waals surface area (Å²) in [6.45, 7) is 3.64. The van der Waals surface area contributed by atoms with E-state index < -0.39 is 10.0 Å². The van der Waals surface area contributed by atoms with Crippen LogP contribution in [-0.4, -0.2) is 57.4 Å². The molecule has 0 N–H and O–H groups in total. The number of amides is 1. The average Bonchev–Trinajstić information content (AvgIpc) is 2.85. The molecule has 33 heavy (non-hydrogen) atoms. The highest BCUT2D eigenvalue weighted by Gasteiger charge is 2.24. The monoisotopic (exact) mass is 483 g/mol. The van der Waals surface area contributed by atoms with Gasteiger partial charge in [-0.1, -0.05) is 41.9 Å². The summed E-state index contributed by atoms with van der Waals surface area (Å²) in [6.07, 6.45) is 0. The van der Waals surface area contributed by atoms with Crippen molar-refractivity contribution in [1.82, 2.24) is 9.80 Å². The minimum Gasteiger partial charge on any atom is -0.336 e. The Morgan fingerprint density at radius 1 is 0.879 bits per heavy atom. The molecule has 0 atom stereocenters. The maximum Gasteiger partial charge on any atom is 0.264 e. The molecule has 1 aliphatic heterocycles. The van der Waals surface area contributed by atoms with E-state index in [1.807, 2.05) is 35.2 Å². The van der Waals surface area contributed by atoms with E-state index in [-0.39, 0.29) is 10.8 Å². The quantitative estimate of drug-likeness (QED) is 0.529. The predicted molar refractivity (Wildman–Crippen MR) is 131 cm³/mol. The van der Waals surface area contributed by atoms with Crippen molar-refractivity contribution < 1.29 is 13.2 Å². The minimum absolute atomic E-state index is 0.0819. The molecule has 1 aliphatic rings. The summed E-state index contributed by atoms with van der Waals surface area (Å²) in [6, 6.07) is 22.9. The molecule has 0 aliphatic carbocycles. The Hall–Kier alpha value is -2.87. The summed E-state index contributed by atoms with van der Waals surface area (Å²) in [5.74, 6) is -0.0819. The molecule has 0 saturated carbocycles. The number of piperazine rings is 1. The van der Waals surface area contributed by atoms with Crippen molar-refractivity contribution in [2.24, 2.45) is 0 Å². The summed E-state index contributed by atoms with van der Waals surface area (Å²) in [4.78, 5) is 17.2. The fraction of sp³-hybridized carbons (Fsp3) is 0.240. The minimum atomic E-state index is -3.71. The fourth-order valence-corrected chi connectivity index (χ4v) is 5.17. The molecule has 4 rings (SSSR count). The molecule has 0 aromatic heterocycles. The van der Waals surface area contributed by atoms with Crippen molar-refractivity contribution in [3.8, 4) is 0 Å². The number of sulfonamides is 1. The van der Waals surface area contributed by atoms with Crippen molar-refractivity contribution in [3.63, 3.8) is 0 Å². The number of hydrogen-bond donors (Lipinski definition) is 0. The van der Waals surface area contributed by atoms with Crippen LogP contribution < -0.4 is 4.31 Å². The molecule has 3 aromatic rings. The molecule has 1 heterocycles. The first-order valence-electron chi connectivity index (χ1n) is 10.7. The summed E-state index contributed by atoms with van der Waals surface area (Å²) in [5.41, 5.74) is 2.26. The summed E-state index contributed by atoms with van der Waals surface area (Å²) in [5, 5.41) is 0.722. The first kappa shape index (κ1) is 23.3. The van der Waals surface area contributed by atoms with E-state index in [1.165, 1.54) is 29.0 Å². The zero-order valence-electron chi connectivity index (χ0n) is 18.4. The summed E-state index contributed by atoms with van der Waals surface area (Å²) < 4.78 is 27.1. The van der Waals surface area contributed by atoms with E-state index >= 15 is 0 Å². The van der Waals surface area contributed by atoms with Gasteiger partial charge in [0, 0.05) is 50.4 Å². The number of para-hydroxylation sites is 1. The summed E-state index contributed by atoms with van der Waals surface area (Å²) >= 11 is 5.95. The van der Waals surface area contributed by atoms with Gasteiger partial charge in [0.2, 0.25) is 0 Å². The maximum absolute atomic E-state index is 13.0. The van der Waals surface area contributed by atoms with Gasteiger partial charge in [-0.25, -0.2) is 8.42 Å². The number of carbonyl (C=O) groups excluding carboxylic acids is 1. The van der Waals surface area contributed by atoms with Crippen LogP contribution in [0.15, 0.2) is 83.8 Å². The second-order valence-corrected chi connectivity index (χ2v) is 10.4. The fourth-order valence-electron chi connectivity index (χ4n) is 3.84. The number of hydrogen-bond acceptors (Lipinski definition) is 4. The predicted octanol–water partition coefficient (Wildman–Crippen LogP) is 4.12. The highest BCUT2D eigenvalue weighted by Crippen LogP contribution is 2.22. The molecule has 0 spiro atoms. The lowest BCUT2D eigenvalue weighted by Crippen LogP contribution is -2.48. The number of carbonyl (C=O) groups is 1. The highest BCUT2D eigenvalue weighted by atomic mass is 35.5. The van der Waals surface area contributed by atoms with E-state index in [0.29, 0.717) is 24.3 Å². The Labute approximate surface area is 200 Å². The molecule has 6 nitrogen and oxygen atoms in total. The van der Waals surface area contributed by atoms with E-state index in [2.05, 4.69) is 4.90 Å². The van der Waals surface area contributed by atoms with Gasteiger partial charge in [-0.05, 0) is 54.1 Å². The van der Waals surface area contributed by atoms with E-state index in [1.54, 1.807) is 36.4 Å². The van der Waals surface area contributed by atoms with Crippen LogP contribution in [0.3, 0.4) is 0 Å². The topological polar surface area (TPSA) is 60.9 Å². The van der Waals surface area contributed by atoms with Crippen LogP contribution in [-0.2, 0) is 16.6 Å². The molecule has 0 bridgehead atoms. The Bertz CT molecular complexity index is 1190. The third-order valence-electron chi connectivity index (χ3n) is 5.86. The summed E-state index contributed by atoms with van der Waals surface area (Å²) in [7, 11) is -2.18. The largest absolute Gasteiger partial charge is 0.336 e. The second-order valence-electron chi connectivity index (χ2n) is 8.03. The molecular weight excluding hydrogens is 458 g/mol. The first-order valence-corrected chi connectivity index (χ1v) is 12.6. The lowest BCUT2D eigenvalue weighted by atomic mass is 10.1. The zero-order valence-corrected chi connectivity index (χ0v) is 20.0. The molecule has 1 amide bonds. The van der Waals surface area contributed by atoms with Crippen LogP contribution in [0.25, 0.3) is 0 Å². The van der Waals surface area contributed by atoms with Crippen molar-refractivity contribution in [2.75, 3.05) is 37.5 Å². The Morgan fingerprint density at radius 3 is 2.09 bits per heavy atom. The highest BCUT2D eigenvalue weighted by molar-refractivity contribution is 7.92. The van der Waals surface area contributed by atoms with Gasteiger partial charge in [-0.3, -0.25) is 14.0 Å². The van der Waals surface area contributed by atoms with Gasteiger partial charge in [-0.15, -0.1) is 0 Å². The lowest BCUT2D eigenvalue weighted by molar-refractivity contribution is 0.0628. The van der Waals surface area contributed by atoms with Crippen LogP contribution in [0.2, 0.25) is 5.02 Å². The number of halogens is 1. The van der Waals surface area contributed by atoms with Gasteiger partial charge in [0.15, 0.2) is 0 Å². The van der Waals surface area contributed by atoms with Crippen molar-refractivity contribution in [2.45, 2.75) is 11.4 Å². The van der Waals surface area contributed by atoms with Crippen LogP contribution in [0.5, 0.6) is 0 Å². The first-order chi connectivity index (χ1) is 15.8.